The van der Waals surface area contributed by atoms with Crippen LogP contribution >= 0.6 is 0 Å². The zero-order valence-electron chi connectivity index (χ0n) is 23.5. The highest BCUT2D eigenvalue weighted by Crippen LogP contribution is 2.22. The molecule has 1 fully saturated rings. The second kappa shape index (κ2) is 13.8. The number of nitrogens with one attached hydrogen (secondary N) is 3. The van der Waals surface area contributed by atoms with Crippen molar-refractivity contribution in [2.75, 3.05) is 6.54 Å². The van der Waals surface area contributed by atoms with E-state index in [9.17, 15) is 34.2 Å². The molecule has 9 N–H and O–H groups in total. The zero-order chi connectivity index (χ0) is 31.1. The Morgan fingerprint density at radius 1 is 1.00 bits per heavy atom. The molecule has 1 saturated heterocycles. The van der Waals surface area contributed by atoms with Gasteiger partial charge in [0.2, 0.25) is 23.6 Å². The van der Waals surface area contributed by atoms with Gasteiger partial charge in [-0.15, -0.1) is 0 Å². The van der Waals surface area contributed by atoms with Crippen molar-refractivity contribution in [2.24, 2.45) is 11.5 Å². The first kappa shape index (κ1) is 31.0. The predicted molar refractivity (Wildman–Crippen MR) is 156 cm³/mol. The molecule has 0 spiro atoms. The second-order valence-electron chi connectivity index (χ2n) is 10.7. The number of aromatic hydroxyl groups is 1. The summed E-state index contributed by atoms with van der Waals surface area (Å²) in [6.45, 7) is 0.222. The molecule has 0 aliphatic carbocycles. The predicted octanol–water partition coefficient (Wildman–Crippen LogP) is 0.297. The van der Waals surface area contributed by atoms with Crippen molar-refractivity contribution in [1.29, 1.82) is 0 Å². The molecule has 2 aromatic carbocycles. The molecule has 1 aromatic heterocycles. The summed E-state index contributed by atoms with van der Waals surface area (Å²) in [7, 11) is 0. The van der Waals surface area contributed by atoms with E-state index < -0.39 is 53.8 Å². The average Bonchev–Trinajstić information content (AvgIpc) is 3.63. The van der Waals surface area contributed by atoms with Gasteiger partial charge in [-0.1, -0.05) is 30.3 Å². The monoisotopic (exact) mass is 592 g/mol. The molecule has 4 amide bonds. The third kappa shape index (κ3) is 7.89. The first-order chi connectivity index (χ1) is 20.5. The molecule has 1 aliphatic heterocycles. The lowest BCUT2D eigenvalue weighted by Crippen LogP contribution is -2.57. The molecule has 4 atom stereocenters. The number of nitrogens with zero attached hydrogens (tertiary/aromatic N) is 1. The van der Waals surface area contributed by atoms with Gasteiger partial charge >= 0.3 is 5.97 Å². The SMILES string of the molecule is NC(=O)CCC(NC(=O)C1CCCN1C(=O)C(Cc1ccc(O)cc1)NC(=O)C(N)Cc1c[nH]c2ccccc12)C(=O)O. The third-order valence-electron chi connectivity index (χ3n) is 7.57. The van der Waals surface area contributed by atoms with Crippen molar-refractivity contribution < 1.29 is 34.2 Å². The van der Waals surface area contributed by atoms with Gasteiger partial charge < -0.3 is 42.2 Å². The van der Waals surface area contributed by atoms with Crippen molar-refractivity contribution in [3.8, 4) is 5.75 Å². The molecular weight excluding hydrogens is 556 g/mol. The summed E-state index contributed by atoms with van der Waals surface area (Å²) in [5, 5.41) is 25.3. The van der Waals surface area contributed by atoms with Crippen LogP contribution in [0.4, 0.5) is 0 Å². The minimum atomic E-state index is -1.35. The molecule has 0 bridgehead atoms. The lowest BCUT2D eigenvalue weighted by Gasteiger charge is -2.30. The van der Waals surface area contributed by atoms with E-state index in [-0.39, 0.29) is 38.0 Å². The van der Waals surface area contributed by atoms with Crippen LogP contribution in [0.15, 0.2) is 54.7 Å². The lowest BCUT2D eigenvalue weighted by molar-refractivity contribution is -0.145. The van der Waals surface area contributed by atoms with E-state index in [2.05, 4.69) is 15.6 Å². The highest BCUT2D eigenvalue weighted by Gasteiger charge is 2.39. The molecule has 2 heterocycles. The normalized spacial score (nSPS) is 16.8. The maximum atomic E-state index is 13.9. The number of nitrogens with two attached hydrogens (primary N) is 2. The average molecular weight is 593 g/mol. The van der Waals surface area contributed by atoms with Crippen molar-refractivity contribution >= 4 is 40.5 Å². The Morgan fingerprint density at radius 2 is 1.72 bits per heavy atom. The number of hydrogen-bond donors (Lipinski definition) is 7. The fourth-order valence-electron chi connectivity index (χ4n) is 5.29. The quantitative estimate of drug-likeness (QED) is 0.146. The number of carboxylic acid groups (broad SMARTS) is 1. The van der Waals surface area contributed by atoms with E-state index in [4.69, 9.17) is 11.5 Å². The standard InChI is InChI=1S/C30H36N6O7/c31-21(15-18-16-33-22-5-2-1-4-20(18)22)27(39)35-24(14-17-7-9-19(37)10-8-17)29(41)36-13-3-6-25(36)28(40)34-23(30(42)43)11-12-26(32)38/h1-2,4-5,7-10,16,21,23-25,33,37H,3,6,11-15,31H2,(H2,32,38)(H,34,40)(H,35,39)(H,42,43). The molecule has 4 rings (SSSR count). The Kier molecular flexibility index (Phi) is 9.99. The van der Waals surface area contributed by atoms with Crippen LogP contribution < -0.4 is 22.1 Å². The van der Waals surface area contributed by atoms with Gasteiger partial charge in [0.1, 0.15) is 23.9 Å². The number of hydrogen-bond acceptors (Lipinski definition) is 7. The Morgan fingerprint density at radius 3 is 2.42 bits per heavy atom. The maximum absolute atomic E-state index is 13.9. The Hall–Kier alpha value is -4.91. The highest BCUT2D eigenvalue weighted by molar-refractivity contribution is 5.95. The number of carbonyl (C=O) groups is 5. The van der Waals surface area contributed by atoms with Crippen molar-refractivity contribution in [1.82, 2.24) is 20.5 Å². The van der Waals surface area contributed by atoms with Gasteiger partial charge in [-0.25, -0.2) is 4.79 Å². The van der Waals surface area contributed by atoms with E-state index >= 15 is 0 Å². The molecule has 4 unspecified atom stereocenters. The van der Waals surface area contributed by atoms with Gasteiger partial charge in [0, 0.05) is 36.5 Å². The number of rotatable bonds is 13. The number of phenolic OH excluding ortho intramolecular Hbond substituents is 1. The Labute approximate surface area is 247 Å². The van der Waals surface area contributed by atoms with Crippen LogP contribution in [-0.4, -0.2) is 80.4 Å². The molecule has 13 heteroatoms. The summed E-state index contributed by atoms with van der Waals surface area (Å²) in [4.78, 5) is 67.6. The Bertz CT molecular complexity index is 1490. The minimum Gasteiger partial charge on any atom is -0.508 e. The van der Waals surface area contributed by atoms with Crippen molar-refractivity contribution in [3.63, 3.8) is 0 Å². The Balaban J connectivity index is 1.50. The summed E-state index contributed by atoms with van der Waals surface area (Å²) < 4.78 is 0. The molecule has 3 aromatic rings. The summed E-state index contributed by atoms with van der Waals surface area (Å²) >= 11 is 0. The molecule has 43 heavy (non-hydrogen) atoms. The fraction of sp³-hybridized carbons (Fsp3) is 0.367. The number of fused-ring (bicyclic) bond motifs is 1. The molecule has 1 aliphatic rings. The number of primary amides is 1. The van der Waals surface area contributed by atoms with E-state index in [1.54, 1.807) is 18.3 Å². The summed E-state index contributed by atoms with van der Waals surface area (Å²) in [6, 6.07) is 9.39. The smallest absolute Gasteiger partial charge is 0.326 e. The number of aliphatic carboxylic acids is 1. The topological polar surface area (TPSA) is 221 Å². The number of likely N-dealkylation sites (tertiary alicyclic amines) is 1. The van der Waals surface area contributed by atoms with Crippen LogP contribution in [0, 0.1) is 0 Å². The first-order valence-electron chi connectivity index (χ1n) is 14.0. The van der Waals surface area contributed by atoms with Crippen molar-refractivity contribution in [3.05, 3.63) is 65.9 Å². The minimum absolute atomic E-state index is 0.0389. The van der Waals surface area contributed by atoms with Crippen molar-refractivity contribution in [2.45, 2.75) is 62.7 Å². The summed E-state index contributed by atoms with van der Waals surface area (Å²) in [6.07, 6.45) is 2.42. The molecule has 0 saturated carbocycles. The fourth-order valence-corrected chi connectivity index (χ4v) is 5.29. The lowest BCUT2D eigenvalue weighted by atomic mass is 10.0. The van der Waals surface area contributed by atoms with Gasteiger partial charge in [0.05, 0.1) is 6.04 Å². The van der Waals surface area contributed by atoms with E-state index in [0.717, 1.165) is 16.5 Å². The van der Waals surface area contributed by atoms with Crippen LogP contribution in [0.5, 0.6) is 5.75 Å². The number of carbonyl (C=O) groups excluding carboxylic acids is 4. The van der Waals surface area contributed by atoms with Crippen LogP contribution in [0.2, 0.25) is 0 Å². The molecule has 0 radical (unpaired) electrons. The van der Waals surface area contributed by atoms with Gasteiger partial charge in [-0.3, -0.25) is 19.2 Å². The van der Waals surface area contributed by atoms with E-state index in [1.165, 1.54) is 17.0 Å². The summed E-state index contributed by atoms with van der Waals surface area (Å²) in [5.41, 5.74) is 13.8. The largest absolute Gasteiger partial charge is 0.508 e. The molecule has 13 nitrogen and oxygen atoms in total. The number of aromatic amines is 1. The van der Waals surface area contributed by atoms with Crippen LogP contribution in [0.25, 0.3) is 10.9 Å². The third-order valence-corrected chi connectivity index (χ3v) is 7.57. The molecule has 228 valence electrons. The van der Waals surface area contributed by atoms with E-state index in [0.29, 0.717) is 18.4 Å². The second-order valence-corrected chi connectivity index (χ2v) is 10.7. The van der Waals surface area contributed by atoms with Crippen LogP contribution in [-0.2, 0) is 36.8 Å². The summed E-state index contributed by atoms with van der Waals surface area (Å²) in [5.74, 6) is -3.74. The van der Waals surface area contributed by atoms with E-state index in [1.807, 2.05) is 24.3 Å². The van der Waals surface area contributed by atoms with Gasteiger partial charge in [-0.05, 0) is 55.0 Å². The number of phenols is 1. The number of carboxylic acids is 1. The number of H-pyrrole nitrogens is 1. The van der Waals surface area contributed by atoms with Gasteiger partial charge in [0.25, 0.3) is 0 Å². The first-order valence-corrected chi connectivity index (χ1v) is 14.0. The van der Waals surface area contributed by atoms with Gasteiger partial charge in [0.15, 0.2) is 0 Å². The number of benzene rings is 2. The maximum Gasteiger partial charge on any atom is 0.326 e. The molecular formula is C30H36N6O7. The zero-order valence-corrected chi connectivity index (χ0v) is 23.5. The van der Waals surface area contributed by atoms with Crippen LogP contribution in [0.3, 0.4) is 0 Å². The number of amides is 4. The number of para-hydroxylation sites is 1. The van der Waals surface area contributed by atoms with Gasteiger partial charge in [-0.2, -0.15) is 0 Å². The highest BCUT2D eigenvalue weighted by atomic mass is 16.4. The van der Waals surface area contributed by atoms with Crippen LogP contribution in [0.1, 0.15) is 36.8 Å². The number of aromatic nitrogens is 1.